The van der Waals surface area contributed by atoms with E-state index in [4.69, 9.17) is 9.66 Å². The van der Waals surface area contributed by atoms with Gasteiger partial charge in [-0.05, 0) is 6.42 Å². The fourth-order valence-electron chi connectivity index (χ4n) is 0.434. The van der Waals surface area contributed by atoms with Crippen molar-refractivity contribution < 1.29 is 18.1 Å². The number of aliphatic hydroxyl groups is 1. The first-order chi connectivity index (χ1) is 4.02. The summed E-state index contributed by atoms with van der Waals surface area (Å²) in [6.45, 7) is 1.06. The highest BCUT2D eigenvalue weighted by Gasteiger charge is 2.18. The maximum atomic E-state index is 10.2. The standard InChI is InChI=1S/C4H10O4S/c1-2-4(3-5)9(6,7)8/h4-5H,2-3H2,1H3,(H,6,7,8). The Morgan fingerprint density at radius 2 is 2.00 bits per heavy atom. The number of hydrogen-bond donors (Lipinski definition) is 2. The van der Waals surface area contributed by atoms with Gasteiger partial charge in [0.25, 0.3) is 10.1 Å². The Labute approximate surface area is 54.3 Å². The summed E-state index contributed by atoms with van der Waals surface area (Å²) in [7, 11) is -4.02. The van der Waals surface area contributed by atoms with E-state index in [1.807, 2.05) is 0 Å². The van der Waals surface area contributed by atoms with Gasteiger partial charge < -0.3 is 5.11 Å². The largest absolute Gasteiger partial charge is 0.395 e. The van der Waals surface area contributed by atoms with E-state index in [1.54, 1.807) is 6.92 Å². The minimum Gasteiger partial charge on any atom is -0.395 e. The van der Waals surface area contributed by atoms with Crippen molar-refractivity contribution in [2.75, 3.05) is 6.61 Å². The van der Waals surface area contributed by atoms with Crippen molar-refractivity contribution in [1.29, 1.82) is 0 Å². The smallest absolute Gasteiger partial charge is 0.270 e. The van der Waals surface area contributed by atoms with Crippen LogP contribution in [0.2, 0.25) is 0 Å². The van der Waals surface area contributed by atoms with Gasteiger partial charge in [0.05, 0.1) is 6.61 Å². The third kappa shape index (κ3) is 2.78. The third-order valence-electron chi connectivity index (χ3n) is 1.08. The lowest BCUT2D eigenvalue weighted by atomic mass is 10.3. The fourth-order valence-corrected chi connectivity index (χ4v) is 1.04. The topological polar surface area (TPSA) is 74.6 Å². The molecule has 2 N–H and O–H groups in total. The number of hydrogen-bond acceptors (Lipinski definition) is 3. The van der Waals surface area contributed by atoms with Crippen LogP contribution in [-0.2, 0) is 10.1 Å². The monoisotopic (exact) mass is 154 g/mol. The first kappa shape index (κ1) is 8.87. The maximum Gasteiger partial charge on any atom is 0.270 e. The molecule has 0 aromatic rings. The second kappa shape index (κ2) is 3.14. The minimum atomic E-state index is -4.02. The lowest BCUT2D eigenvalue weighted by Gasteiger charge is -2.05. The first-order valence-corrected chi connectivity index (χ1v) is 4.09. The summed E-state index contributed by atoms with van der Waals surface area (Å²) >= 11 is 0. The quantitative estimate of drug-likeness (QED) is 0.544. The predicted molar refractivity (Wildman–Crippen MR) is 32.7 cm³/mol. The summed E-state index contributed by atoms with van der Waals surface area (Å²) in [6, 6.07) is 0. The van der Waals surface area contributed by atoms with Crippen molar-refractivity contribution in [2.24, 2.45) is 0 Å². The van der Waals surface area contributed by atoms with Gasteiger partial charge in [0.1, 0.15) is 5.25 Å². The van der Waals surface area contributed by atoms with Crippen LogP contribution < -0.4 is 0 Å². The molecule has 0 heterocycles. The SMILES string of the molecule is CCC(CO)S(=O)(=O)O. The van der Waals surface area contributed by atoms with E-state index < -0.39 is 22.0 Å². The Morgan fingerprint density at radius 3 is 2.00 bits per heavy atom. The predicted octanol–water partition coefficient (Wildman–Crippen LogP) is -0.355. The van der Waals surface area contributed by atoms with Gasteiger partial charge in [-0.2, -0.15) is 8.42 Å². The zero-order valence-electron chi connectivity index (χ0n) is 5.11. The van der Waals surface area contributed by atoms with Crippen molar-refractivity contribution in [3.63, 3.8) is 0 Å². The second-order valence-corrected chi connectivity index (χ2v) is 3.42. The second-order valence-electron chi connectivity index (χ2n) is 1.73. The lowest BCUT2D eigenvalue weighted by molar-refractivity contribution is 0.281. The molecule has 1 unspecified atom stereocenters. The van der Waals surface area contributed by atoms with E-state index in [2.05, 4.69) is 0 Å². The number of rotatable bonds is 3. The summed E-state index contributed by atoms with van der Waals surface area (Å²) in [4.78, 5) is 0. The Hall–Kier alpha value is -0.130. The summed E-state index contributed by atoms with van der Waals surface area (Å²) in [6.07, 6.45) is 0.231. The number of aliphatic hydroxyl groups excluding tert-OH is 1. The average Bonchev–Trinajstić information content (AvgIpc) is 1.65. The van der Waals surface area contributed by atoms with E-state index in [9.17, 15) is 8.42 Å². The highest BCUT2D eigenvalue weighted by atomic mass is 32.2. The molecule has 9 heavy (non-hydrogen) atoms. The van der Waals surface area contributed by atoms with Crippen LogP contribution in [0.3, 0.4) is 0 Å². The normalized spacial score (nSPS) is 15.4. The van der Waals surface area contributed by atoms with Gasteiger partial charge >= 0.3 is 0 Å². The van der Waals surface area contributed by atoms with Gasteiger partial charge in [0.15, 0.2) is 0 Å². The molecule has 0 aromatic carbocycles. The van der Waals surface area contributed by atoms with Gasteiger partial charge in [-0.15, -0.1) is 0 Å². The van der Waals surface area contributed by atoms with Gasteiger partial charge in [-0.3, -0.25) is 4.55 Å². The van der Waals surface area contributed by atoms with Crippen molar-refractivity contribution in [1.82, 2.24) is 0 Å². The molecular weight excluding hydrogens is 144 g/mol. The molecule has 0 radical (unpaired) electrons. The molecule has 0 fully saturated rings. The molecular formula is C4H10O4S. The van der Waals surface area contributed by atoms with E-state index in [-0.39, 0.29) is 6.42 Å². The molecule has 5 heteroatoms. The van der Waals surface area contributed by atoms with Crippen molar-refractivity contribution in [3.05, 3.63) is 0 Å². The third-order valence-corrected chi connectivity index (χ3v) is 2.41. The van der Waals surface area contributed by atoms with Crippen molar-refractivity contribution in [2.45, 2.75) is 18.6 Å². The summed E-state index contributed by atoms with van der Waals surface area (Å²) in [5.74, 6) is 0. The van der Waals surface area contributed by atoms with Crippen LogP contribution in [0.5, 0.6) is 0 Å². The zero-order chi connectivity index (χ0) is 7.49. The molecule has 0 amide bonds. The molecule has 0 aromatic heterocycles. The molecule has 0 aliphatic carbocycles. The maximum absolute atomic E-state index is 10.2. The van der Waals surface area contributed by atoms with Crippen LogP contribution in [-0.4, -0.2) is 29.9 Å². The van der Waals surface area contributed by atoms with Gasteiger partial charge in [0.2, 0.25) is 0 Å². The highest BCUT2D eigenvalue weighted by molar-refractivity contribution is 7.86. The molecule has 0 bridgehead atoms. The average molecular weight is 154 g/mol. The zero-order valence-corrected chi connectivity index (χ0v) is 5.93. The van der Waals surface area contributed by atoms with Crippen LogP contribution in [0.4, 0.5) is 0 Å². The first-order valence-electron chi connectivity index (χ1n) is 2.59. The van der Waals surface area contributed by atoms with Crippen LogP contribution in [0.1, 0.15) is 13.3 Å². The molecule has 0 aliphatic heterocycles. The van der Waals surface area contributed by atoms with Crippen LogP contribution >= 0.6 is 0 Å². The molecule has 0 rings (SSSR count). The van der Waals surface area contributed by atoms with Crippen molar-refractivity contribution in [3.8, 4) is 0 Å². The Morgan fingerprint density at radius 1 is 1.56 bits per heavy atom. The molecule has 0 saturated carbocycles. The van der Waals surface area contributed by atoms with Crippen molar-refractivity contribution >= 4 is 10.1 Å². The van der Waals surface area contributed by atoms with Crippen LogP contribution in [0.15, 0.2) is 0 Å². The van der Waals surface area contributed by atoms with E-state index >= 15 is 0 Å². The van der Waals surface area contributed by atoms with Gasteiger partial charge in [0, 0.05) is 0 Å². The molecule has 0 spiro atoms. The van der Waals surface area contributed by atoms with Crippen LogP contribution in [0, 0.1) is 0 Å². The van der Waals surface area contributed by atoms with E-state index in [1.165, 1.54) is 0 Å². The molecule has 4 nitrogen and oxygen atoms in total. The van der Waals surface area contributed by atoms with E-state index in [0.29, 0.717) is 0 Å². The Bertz CT molecular complexity index is 155. The lowest BCUT2D eigenvalue weighted by Crippen LogP contribution is -2.23. The fraction of sp³-hybridized carbons (Fsp3) is 1.00. The molecule has 1 atom stereocenters. The van der Waals surface area contributed by atoms with Gasteiger partial charge in [-0.1, -0.05) is 6.92 Å². The molecule has 56 valence electrons. The highest BCUT2D eigenvalue weighted by Crippen LogP contribution is 2.00. The van der Waals surface area contributed by atoms with Crippen LogP contribution in [0.25, 0.3) is 0 Å². The molecule has 0 aliphatic rings. The summed E-state index contributed by atoms with van der Waals surface area (Å²) in [5, 5.41) is 7.31. The Kier molecular flexibility index (Phi) is 3.10. The minimum absolute atomic E-state index is 0.231. The Balaban J connectivity index is 4.14. The summed E-state index contributed by atoms with van der Waals surface area (Å²) < 4.78 is 28.7. The molecule has 0 saturated heterocycles. The van der Waals surface area contributed by atoms with E-state index in [0.717, 1.165) is 0 Å². The summed E-state index contributed by atoms with van der Waals surface area (Å²) in [5.41, 5.74) is 0. The van der Waals surface area contributed by atoms with Gasteiger partial charge in [-0.25, -0.2) is 0 Å².